The van der Waals surface area contributed by atoms with Gasteiger partial charge in [0.2, 0.25) is 11.8 Å². The number of fused-ring (bicyclic) bond motifs is 2. The Morgan fingerprint density at radius 1 is 1.03 bits per heavy atom. The van der Waals surface area contributed by atoms with Gasteiger partial charge in [0.15, 0.2) is 9.84 Å². The van der Waals surface area contributed by atoms with Crippen molar-refractivity contribution in [3.05, 3.63) is 71.3 Å². The molecule has 5 rings (SSSR count). The molecule has 2 fully saturated rings. The Bertz CT molecular complexity index is 1250. The molecule has 8 nitrogen and oxygen atoms in total. The zero-order valence-electron chi connectivity index (χ0n) is 18.9. The van der Waals surface area contributed by atoms with Gasteiger partial charge in [-0.15, -0.1) is 0 Å². The molecule has 1 saturated heterocycles. The molecule has 1 N–H and O–H groups in total. The van der Waals surface area contributed by atoms with Crippen LogP contribution < -0.4 is 5.32 Å². The molecule has 9 heteroatoms. The minimum absolute atomic E-state index is 0.00542. The lowest BCUT2D eigenvalue weighted by molar-refractivity contribution is -0.140. The molecule has 178 valence electrons. The van der Waals surface area contributed by atoms with Gasteiger partial charge in [-0.05, 0) is 42.0 Å². The molecule has 4 atom stereocenters. The van der Waals surface area contributed by atoms with Crippen LogP contribution >= 0.6 is 0 Å². The normalized spacial score (nSPS) is 26.2. The fourth-order valence-corrected chi connectivity index (χ4v) is 6.86. The first-order chi connectivity index (χ1) is 16.2. The van der Waals surface area contributed by atoms with E-state index >= 15 is 0 Å². The first-order valence-electron chi connectivity index (χ1n) is 11.4. The number of carbonyl (C=O) groups excluding carboxylic acids is 3. The van der Waals surface area contributed by atoms with Crippen molar-refractivity contribution in [1.29, 1.82) is 0 Å². The fraction of sp³-hybridized carbons (Fsp3) is 0.400. The number of hydrogen-bond acceptors (Lipinski definition) is 5. The summed E-state index contributed by atoms with van der Waals surface area (Å²) in [6, 6.07) is 14.7. The number of nitrogens with zero attached hydrogens (tertiary/aromatic N) is 2. The molecule has 2 aromatic rings. The van der Waals surface area contributed by atoms with Gasteiger partial charge in [-0.25, -0.2) is 8.42 Å². The number of sulfone groups is 1. The molecule has 2 heterocycles. The van der Waals surface area contributed by atoms with Gasteiger partial charge in [-0.3, -0.25) is 14.4 Å². The average Bonchev–Trinajstić information content (AvgIpc) is 3.47. The van der Waals surface area contributed by atoms with Crippen LogP contribution in [0.3, 0.4) is 0 Å². The third-order valence-corrected chi connectivity index (χ3v) is 8.57. The van der Waals surface area contributed by atoms with Gasteiger partial charge in [0.05, 0.1) is 24.1 Å². The summed E-state index contributed by atoms with van der Waals surface area (Å²) in [6.07, 6.45) is 1.41. The Kier molecular flexibility index (Phi) is 5.67. The predicted molar refractivity (Wildman–Crippen MR) is 125 cm³/mol. The highest BCUT2D eigenvalue weighted by atomic mass is 32.2. The van der Waals surface area contributed by atoms with E-state index in [9.17, 15) is 22.8 Å². The average molecular weight is 482 g/mol. The van der Waals surface area contributed by atoms with Gasteiger partial charge in [0, 0.05) is 18.7 Å². The predicted octanol–water partition coefficient (Wildman–Crippen LogP) is 1.53. The summed E-state index contributed by atoms with van der Waals surface area (Å²) in [5.74, 6) is -0.779. The number of rotatable bonds is 5. The number of likely N-dealkylation sites (N-methyl/N-ethyl adjacent to an activating group) is 1. The maximum absolute atomic E-state index is 13.3. The second kappa shape index (κ2) is 8.54. The van der Waals surface area contributed by atoms with Gasteiger partial charge in [0.1, 0.15) is 6.04 Å². The van der Waals surface area contributed by atoms with Crippen LogP contribution in [0.1, 0.15) is 40.4 Å². The Balaban J connectivity index is 1.29. The molecule has 3 amide bonds. The number of amides is 3. The highest BCUT2D eigenvalue weighted by molar-refractivity contribution is 7.90. The van der Waals surface area contributed by atoms with Crippen LogP contribution in [0, 0.1) is 5.92 Å². The largest absolute Gasteiger partial charge is 0.346 e. The lowest BCUT2D eigenvalue weighted by atomic mass is 10.0. The lowest BCUT2D eigenvalue weighted by Crippen LogP contribution is -2.52. The van der Waals surface area contributed by atoms with Crippen LogP contribution in [-0.4, -0.2) is 67.4 Å². The summed E-state index contributed by atoms with van der Waals surface area (Å²) in [5.41, 5.74) is 2.00. The summed E-state index contributed by atoms with van der Waals surface area (Å²) >= 11 is 0. The molecule has 0 bridgehead atoms. The van der Waals surface area contributed by atoms with Gasteiger partial charge in [-0.1, -0.05) is 42.5 Å². The highest BCUT2D eigenvalue weighted by Crippen LogP contribution is 2.48. The van der Waals surface area contributed by atoms with E-state index in [2.05, 4.69) is 5.32 Å². The van der Waals surface area contributed by atoms with E-state index in [1.807, 2.05) is 18.2 Å². The summed E-state index contributed by atoms with van der Waals surface area (Å²) < 4.78 is 24.8. The Labute approximate surface area is 198 Å². The summed E-state index contributed by atoms with van der Waals surface area (Å²) in [5, 5.41) is 2.91. The summed E-state index contributed by atoms with van der Waals surface area (Å²) in [7, 11) is -1.76. The van der Waals surface area contributed by atoms with E-state index in [1.54, 1.807) is 48.3 Å². The summed E-state index contributed by atoms with van der Waals surface area (Å²) in [4.78, 5) is 42.1. The van der Waals surface area contributed by atoms with Crippen LogP contribution in [0.15, 0.2) is 54.6 Å². The van der Waals surface area contributed by atoms with Crippen molar-refractivity contribution in [1.82, 2.24) is 15.1 Å². The molecule has 1 unspecified atom stereocenters. The van der Waals surface area contributed by atoms with Gasteiger partial charge in [-0.2, -0.15) is 0 Å². The van der Waals surface area contributed by atoms with E-state index in [1.165, 1.54) is 4.90 Å². The first-order valence-corrected chi connectivity index (χ1v) is 13.3. The third kappa shape index (κ3) is 4.32. The number of piperidine rings is 1. The van der Waals surface area contributed by atoms with Gasteiger partial charge in [0.25, 0.3) is 5.91 Å². The lowest BCUT2D eigenvalue weighted by Gasteiger charge is -2.32. The van der Waals surface area contributed by atoms with Crippen molar-refractivity contribution in [2.45, 2.75) is 36.7 Å². The minimum Gasteiger partial charge on any atom is -0.346 e. The number of hydrogen-bond donors (Lipinski definition) is 1. The smallest absolute Gasteiger partial charge is 0.254 e. The molecular formula is C25H27N3O5S. The fourth-order valence-electron chi connectivity index (χ4n) is 5.24. The zero-order chi connectivity index (χ0) is 24.0. The van der Waals surface area contributed by atoms with Crippen LogP contribution in [-0.2, 0) is 25.2 Å². The maximum Gasteiger partial charge on any atom is 0.254 e. The second-order valence-corrected chi connectivity index (χ2v) is 11.6. The molecule has 1 aliphatic carbocycles. The monoisotopic (exact) mass is 481 g/mol. The number of likely N-dealkylation sites (tertiary alicyclic amines) is 1. The van der Waals surface area contributed by atoms with E-state index in [4.69, 9.17) is 0 Å². The van der Waals surface area contributed by atoms with Crippen molar-refractivity contribution < 1.29 is 22.8 Å². The molecular weight excluding hydrogens is 454 g/mol. The van der Waals surface area contributed by atoms with E-state index in [-0.39, 0.29) is 47.7 Å². The van der Waals surface area contributed by atoms with Crippen LogP contribution in [0.2, 0.25) is 0 Å². The van der Waals surface area contributed by atoms with Crippen LogP contribution in [0.25, 0.3) is 0 Å². The Morgan fingerprint density at radius 3 is 2.50 bits per heavy atom. The maximum atomic E-state index is 13.3. The van der Waals surface area contributed by atoms with Crippen molar-refractivity contribution in [2.75, 3.05) is 19.3 Å². The number of carbonyl (C=O) groups is 3. The molecule has 3 aliphatic rings. The number of benzene rings is 2. The second-order valence-electron chi connectivity index (χ2n) is 9.46. The minimum atomic E-state index is -3.34. The van der Waals surface area contributed by atoms with Crippen LogP contribution in [0.4, 0.5) is 0 Å². The van der Waals surface area contributed by atoms with Crippen molar-refractivity contribution in [3.63, 3.8) is 0 Å². The molecule has 2 aliphatic heterocycles. The van der Waals surface area contributed by atoms with E-state index < -0.39 is 21.9 Å². The molecule has 1 saturated carbocycles. The van der Waals surface area contributed by atoms with E-state index in [0.717, 1.165) is 12.0 Å². The topological polar surface area (TPSA) is 104 Å². The third-order valence-electron chi connectivity index (χ3n) is 6.98. The van der Waals surface area contributed by atoms with Gasteiger partial charge < -0.3 is 15.1 Å². The SMILES string of the molecule is CN(CC(=O)N1[C@@H]2C[C@@H]2C[C@H]1C(=O)NC1CS(=O)(=O)Cc2ccccc21)C(=O)c1ccccc1. The van der Waals surface area contributed by atoms with Crippen LogP contribution in [0.5, 0.6) is 0 Å². The van der Waals surface area contributed by atoms with Crippen molar-refractivity contribution in [2.24, 2.45) is 5.92 Å². The van der Waals surface area contributed by atoms with Gasteiger partial charge >= 0.3 is 0 Å². The zero-order valence-corrected chi connectivity index (χ0v) is 19.7. The van der Waals surface area contributed by atoms with E-state index in [0.29, 0.717) is 17.5 Å². The number of nitrogens with one attached hydrogen (secondary N) is 1. The Morgan fingerprint density at radius 2 is 1.74 bits per heavy atom. The molecule has 0 aromatic heterocycles. The first kappa shape index (κ1) is 22.6. The molecule has 34 heavy (non-hydrogen) atoms. The quantitative estimate of drug-likeness (QED) is 0.698. The summed E-state index contributed by atoms with van der Waals surface area (Å²) in [6.45, 7) is -0.124. The molecule has 0 spiro atoms. The van der Waals surface area contributed by atoms with Crippen molar-refractivity contribution in [3.8, 4) is 0 Å². The molecule has 0 radical (unpaired) electrons. The Hall–Kier alpha value is -3.20. The molecule has 2 aromatic carbocycles. The highest BCUT2D eigenvalue weighted by Gasteiger charge is 2.56. The van der Waals surface area contributed by atoms with Crippen molar-refractivity contribution >= 4 is 27.6 Å². The standard InChI is InChI=1S/C25H27N3O5S/c1-27(25(31)16-7-3-2-4-8-16)13-23(29)28-21-11-18(21)12-22(28)24(30)26-20-15-34(32,33)14-17-9-5-6-10-19(17)20/h2-10,18,20-22H,11-15H2,1H3,(H,26,30)/t18-,20?,21-,22+/m1/s1.